The molecular formula is C13H12N2O2S. The van der Waals surface area contributed by atoms with E-state index in [0.29, 0.717) is 0 Å². The molecule has 0 spiro atoms. The van der Waals surface area contributed by atoms with Crippen molar-refractivity contribution in [3.05, 3.63) is 50.9 Å². The first-order valence-electron chi connectivity index (χ1n) is 5.82. The Bertz CT molecular complexity index is 583. The van der Waals surface area contributed by atoms with Gasteiger partial charge in [-0.2, -0.15) is 0 Å². The minimum atomic E-state index is -0.313. The van der Waals surface area contributed by atoms with E-state index in [-0.39, 0.29) is 10.6 Å². The Hall–Kier alpha value is -1.72. The second kappa shape index (κ2) is 4.51. The number of hydrogen-bond acceptors (Lipinski definition) is 4. The summed E-state index contributed by atoms with van der Waals surface area (Å²) in [4.78, 5) is 13.0. The van der Waals surface area contributed by atoms with Crippen LogP contribution in [-0.4, -0.2) is 11.5 Å². The summed E-state index contributed by atoms with van der Waals surface area (Å²) in [6.07, 6.45) is 1.01. The predicted octanol–water partition coefficient (Wildman–Crippen LogP) is 2.97. The van der Waals surface area contributed by atoms with Gasteiger partial charge in [-0.1, -0.05) is 12.1 Å². The van der Waals surface area contributed by atoms with E-state index in [2.05, 4.69) is 11.4 Å². The molecule has 1 aliphatic heterocycles. The first kappa shape index (κ1) is 11.4. The topological polar surface area (TPSA) is 55.2 Å². The largest absolute Gasteiger partial charge is 0.312 e. The second-order valence-electron chi connectivity index (χ2n) is 4.26. The molecule has 0 saturated heterocycles. The Balaban J connectivity index is 2.09. The lowest BCUT2D eigenvalue weighted by atomic mass is 10.1. The van der Waals surface area contributed by atoms with E-state index in [4.69, 9.17) is 0 Å². The smallest absolute Gasteiger partial charge is 0.278 e. The van der Waals surface area contributed by atoms with Gasteiger partial charge < -0.3 is 5.32 Å². The van der Waals surface area contributed by atoms with Gasteiger partial charge in [-0.3, -0.25) is 10.1 Å². The molecule has 0 radical (unpaired) electrons. The van der Waals surface area contributed by atoms with Gasteiger partial charge in [0.05, 0.1) is 10.5 Å². The molecule has 1 N–H and O–H groups in total. The maximum Gasteiger partial charge on any atom is 0.278 e. The van der Waals surface area contributed by atoms with Crippen molar-refractivity contribution in [2.45, 2.75) is 13.0 Å². The lowest BCUT2D eigenvalue weighted by Gasteiger charge is -2.10. The minimum Gasteiger partial charge on any atom is -0.312 e. The van der Waals surface area contributed by atoms with Crippen molar-refractivity contribution in [1.29, 1.82) is 0 Å². The van der Waals surface area contributed by atoms with Crippen LogP contribution in [0.1, 0.15) is 10.4 Å². The number of benzene rings is 1. The van der Waals surface area contributed by atoms with Gasteiger partial charge in [0.15, 0.2) is 0 Å². The van der Waals surface area contributed by atoms with E-state index in [9.17, 15) is 10.1 Å². The number of hydrogen-bond donors (Lipinski definition) is 1. The summed E-state index contributed by atoms with van der Waals surface area (Å²) in [6, 6.07) is 9.04. The number of nitrogens with one attached hydrogen (secondary N) is 1. The van der Waals surface area contributed by atoms with Crippen molar-refractivity contribution in [2.24, 2.45) is 0 Å². The molecule has 0 aliphatic carbocycles. The highest BCUT2D eigenvalue weighted by Gasteiger charge is 2.19. The van der Waals surface area contributed by atoms with Gasteiger partial charge in [0, 0.05) is 22.4 Å². The molecule has 0 unspecified atom stereocenters. The van der Waals surface area contributed by atoms with E-state index in [0.717, 1.165) is 30.0 Å². The number of thiophene rings is 1. The van der Waals surface area contributed by atoms with Crippen molar-refractivity contribution in [3.8, 4) is 10.4 Å². The van der Waals surface area contributed by atoms with Gasteiger partial charge in [-0.25, -0.2) is 0 Å². The van der Waals surface area contributed by atoms with Gasteiger partial charge in [0.25, 0.3) is 5.69 Å². The predicted molar refractivity (Wildman–Crippen MR) is 71.8 cm³/mol. The Morgan fingerprint density at radius 2 is 2.17 bits per heavy atom. The summed E-state index contributed by atoms with van der Waals surface area (Å²) in [5.74, 6) is 0. The van der Waals surface area contributed by atoms with Crippen LogP contribution in [0.5, 0.6) is 0 Å². The van der Waals surface area contributed by atoms with Crippen LogP contribution in [0.2, 0.25) is 0 Å². The maximum absolute atomic E-state index is 11.0. The minimum absolute atomic E-state index is 0.184. The van der Waals surface area contributed by atoms with E-state index in [1.807, 2.05) is 12.1 Å². The lowest BCUT2D eigenvalue weighted by Crippen LogP contribution is -2.21. The zero-order valence-corrected chi connectivity index (χ0v) is 10.5. The van der Waals surface area contributed by atoms with Crippen LogP contribution in [0.25, 0.3) is 10.4 Å². The van der Waals surface area contributed by atoms with Gasteiger partial charge in [-0.05, 0) is 30.7 Å². The van der Waals surface area contributed by atoms with Gasteiger partial charge in [0.1, 0.15) is 0 Å². The third-order valence-electron chi connectivity index (χ3n) is 3.12. The quantitative estimate of drug-likeness (QED) is 0.667. The monoisotopic (exact) mass is 260 g/mol. The van der Waals surface area contributed by atoms with Gasteiger partial charge >= 0.3 is 0 Å². The number of nitro groups is 1. The molecule has 1 aromatic carbocycles. The number of rotatable bonds is 2. The molecule has 0 atom stereocenters. The molecule has 0 amide bonds. The van der Waals surface area contributed by atoms with Gasteiger partial charge in [-0.15, -0.1) is 11.3 Å². The molecule has 0 fully saturated rings. The van der Waals surface area contributed by atoms with Crippen LogP contribution in [-0.2, 0) is 13.0 Å². The molecule has 1 aliphatic rings. The van der Waals surface area contributed by atoms with Gasteiger partial charge in [0.2, 0.25) is 0 Å². The van der Waals surface area contributed by atoms with Crippen LogP contribution in [0, 0.1) is 10.1 Å². The summed E-state index contributed by atoms with van der Waals surface area (Å²) in [7, 11) is 0. The van der Waals surface area contributed by atoms with Crippen molar-refractivity contribution in [1.82, 2.24) is 5.32 Å². The number of nitrogens with zero attached hydrogens (tertiary/aromatic N) is 1. The van der Waals surface area contributed by atoms with Crippen molar-refractivity contribution >= 4 is 17.0 Å². The van der Waals surface area contributed by atoms with Crippen molar-refractivity contribution in [3.63, 3.8) is 0 Å². The maximum atomic E-state index is 11.0. The van der Waals surface area contributed by atoms with Crippen molar-refractivity contribution < 1.29 is 4.92 Å². The summed E-state index contributed by atoms with van der Waals surface area (Å²) >= 11 is 1.65. The Morgan fingerprint density at radius 1 is 1.33 bits per heavy atom. The first-order chi connectivity index (χ1) is 8.75. The second-order valence-corrected chi connectivity index (χ2v) is 5.40. The fourth-order valence-electron chi connectivity index (χ4n) is 2.23. The standard InChI is InChI=1S/C13H12N2O2S/c16-15(17)11-4-2-1-3-10(11)12-7-9-5-6-14-8-13(9)18-12/h1-4,7,14H,5-6,8H2. The van der Waals surface area contributed by atoms with Crippen LogP contribution in [0.4, 0.5) is 5.69 Å². The zero-order chi connectivity index (χ0) is 12.5. The van der Waals surface area contributed by atoms with Crippen LogP contribution >= 0.6 is 11.3 Å². The number of nitro benzene ring substituents is 1. The van der Waals surface area contributed by atoms with E-state index in [1.54, 1.807) is 23.5 Å². The molecule has 4 nitrogen and oxygen atoms in total. The molecule has 0 bridgehead atoms. The lowest BCUT2D eigenvalue weighted by molar-refractivity contribution is -0.384. The third-order valence-corrected chi connectivity index (χ3v) is 4.33. The zero-order valence-electron chi connectivity index (χ0n) is 9.68. The summed E-state index contributed by atoms with van der Waals surface area (Å²) in [5.41, 5.74) is 2.23. The third kappa shape index (κ3) is 1.91. The SMILES string of the molecule is O=[N+]([O-])c1ccccc1-c1cc2c(s1)CNCC2. The van der Waals surface area contributed by atoms with E-state index >= 15 is 0 Å². The summed E-state index contributed by atoms with van der Waals surface area (Å²) in [6.45, 7) is 1.86. The highest BCUT2D eigenvalue weighted by Crippen LogP contribution is 2.37. The van der Waals surface area contributed by atoms with Crippen molar-refractivity contribution in [2.75, 3.05) is 6.54 Å². The molecule has 2 aromatic rings. The molecule has 1 aromatic heterocycles. The highest BCUT2D eigenvalue weighted by atomic mass is 32.1. The Labute approximate surface area is 108 Å². The Morgan fingerprint density at radius 3 is 2.94 bits per heavy atom. The molecule has 5 heteroatoms. The molecule has 92 valence electrons. The van der Waals surface area contributed by atoms with Crippen LogP contribution in [0.15, 0.2) is 30.3 Å². The molecular weight excluding hydrogens is 248 g/mol. The fourth-order valence-corrected chi connectivity index (χ4v) is 3.44. The van der Waals surface area contributed by atoms with E-state index in [1.165, 1.54) is 10.4 Å². The average Bonchev–Trinajstić information content (AvgIpc) is 2.82. The summed E-state index contributed by atoms with van der Waals surface area (Å²) in [5, 5.41) is 14.4. The summed E-state index contributed by atoms with van der Waals surface area (Å²) < 4.78 is 0. The molecule has 18 heavy (non-hydrogen) atoms. The van der Waals surface area contributed by atoms with Crippen LogP contribution < -0.4 is 5.32 Å². The fraction of sp³-hybridized carbons (Fsp3) is 0.231. The molecule has 2 heterocycles. The molecule has 0 saturated carbocycles. The number of para-hydroxylation sites is 1. The first-order valence-corrected chi connectivity index (χ1v) is 6.63. The highest BCUT2D eigenvalue weighted by molar-refractivity contribution is 7.15. The molecule has 3 rings (SSSR count). The van der Waals surface area contributed by atoms with Crippen LogP contribution in [0.3, 0.4) is 0 Å². The average molecular weight is 260 g/mol. The number of fused-ring (bicyclic) bond motifs is 1. The van der Waals surface area contributed by atoms with E-state index < -0.39 is 0 Å². The Kier molecular flexibility index (Phi) is 2.85. The normalized spacial score (nSPS) is 14.2.